The maximum Gasteiger partial charge on any atom is 0.344 e. The minimum absolute atomic E-state index is 0.0298. The van der Waals surface area contributed by atoms with E-state index in [0.717, 1.165) is 4.90 Å². The van der Waals surface area contributed by atoms with Crippen molar-refractivity contribution in [2.45, 2.75) is 19.6 Å². The molecule has 1 aliphatic heterocycles. The van der Waals surface area contributed by atoms with E-state index in [-0.39, 0.29) is 23.7 Å². The Morgan fingerprint density at radius 3 is 2.55 bits per heavy atom. The maximum absolute atomic E-state index is 12.7. The van der Waals surface area contributed by atoms with Gasteiger partial charge in [0.1, 0.15) is 5.70 Å². The van der Waals surface area contributed by atoms with E-state index in [4.69, 9.17) is 37.8 Å². The van der Waals surface area contributed by atoms with Crippen LogP contribution in [0.4, 0.5) is 4.79 Å². The summed E-state index contributed by atoms with van der Waals surface area (Å²) in [7, 11) is 1.41. The zero-order valence-electron chi connectivity index (χ0n) is 16.5. The minimum atomic E-state index is -1.12. The van der Waals surface area contributed by atoms with Crippen molar-refractivity contribution in [2.75, 3.05) is 7.11 Å². The highest BCUT2D eigenvalue weighted by atomic mass is 35.5. The molecule has 0 aromatic heterocycles. The third kappa shape index (κ3) is 5.10. The summed E-state index contributed by atoms with van der Waals surface area (Å²) in [5, 5.41) is 12.2. The molecule has 2 aromatic carbocycles. The van der Waals surface area contributed by atoms with Crippen LogP contribution in [0.2, 0.25) is 10.0 Å². The monoisotopic (exact) mass is 464 g/mol. The van der Waals surface area contributed by atoms with Gasteiger partial charge < -0.3 is 19.9 Å². The third-order valence-electron chi connectivity index (χ3n) is 4.44. The van der Waals surface area contributed by atoms with Crippen LogP contribution >= 0.6 is 23.2 Å². The molecule has 0 radical (unpaired) electrons. The predicted octanol–water partition coefficient (Wildman–Crippen LogP) is 3.95. The Morgan fingerprint density at radius 2 is 1.90 bits per heavy atom. The van der Waals surface area contributed by atoms with Crippen LogP contribution in [0.3, 0.4) is 0 Å². The molecule has 1 atom stereocenters. The third-order valence-corrected chi connectivity index (χ3v) is 5.18. The van der Waals surface area contributed by atoms with Crippen LogP contribution in [0.5, 0.6) is 11.5 Å². The second-order valence-corrected chi connectivity index (χ2v) is 7.45. The number of carbonyl (C=O) groups excluding carboxylic acids is 2. The molecule has 3 amide bonds. The Hall–Kier alpha value is -3.23. The summed E-state index contributed by atoms with van der Waals surface area (Å²) in [4.78, 5) is 37.1. The average Bonchev–Trinajstić information content (AvgIpc) is 2.98. The molecule has 0 saturated carbocycles. The molecule has 10 heteroatoms. The first kappa shape index (κ1) is 22.5. The standard InChI is InChI=1S/C21H18Cl2N2O6/c1-11(20(27)28)31-17-6-4-12(9-18(17)30-2)8-16-19(26)25(21(29)24-16)10-13-3-5-14(22)15(23)7-13/h3-9,11H,10H2,1-2H3,(H,24,29)(H,27,28). The van der Waals surface area contributed by atoms with Crippen molar-refractivity contribution in [1.29, 1.82) is 0 Å². The molecule has 1 unspecified atom stereocenters. The summed E-state index contributed by atoms with van der Waals surface area (Å²) in [6.45, 7) is 1.43. The van der Waals surface area contributed by atoms with Crippen molar-refractivity contribution in [2.24, 2.45) is 0 Å². The molecular weight excluding hydrogens is 447 g/mol. The van der Waals surface area contributed by atoms with Crippen LogP contribution in [-0.4, -0.2) is 41.1 Å². The number of hydrogen-bond donors (Lipinski definition) is 2. The fourth-order valence-electron chi connectivity index (χ4n) is 2.81. The molecule has 1 saturated heterocycles. The van der Waals surface area contributed by atoms with Crippen LogP contribution in [-0.2, 0) is 16.1 Å². The lowest BCUT2D eigenvalue weighted by Gasteiger charge is -2.14. The van der Waals surface area contributed by atoms with Crippen LogP contribution in [0.25, 0.3) is 6.08 Å². The number of rotatable bonds is 7. The number of urea groups is 1. The highest BCUT2D eigenvalue weighted by Gasteiger charge is 2.33. The van der Waals surface area contributed by atoms with Gasteiger partial charge in [0.25, 0.3) is 5.91 Å². The highest BCUT2D eigenvalue weighted by Crippen LogP contribution is 2.30. The molecule has 1 fully saturated rings. The molecule has 0 spiro atoms. The first-order valence-electron chi connectivity index (χ1n) is 9.05. The smallest absolute Gasteiger partial charge is 0.344 e. The Labute approximate surface area is 187 Å². The Bertz CT molecular complexity index is 1090. The van der Waals surface area contributed by atoms with Gasteiger partial charge in [0, 0.05) is 0 Å². The number of methoxy groups -OCH3 is 1. The number of halogens is 2. The van der Waals surface area contributed by atoms with Gasteiger partial charge in [-0.3, -0.25) is 9.69 Å². The molecule has 8 nitrogen and oxygen atoms in total. The molecule has 1 aliphatic rings. The summed E-state index contributed by atoms with van der Waals surface area (Å²) < 4.78 is 10.6. The number of benzene rings is 2. The summed E-state index contributed by atoms with van der Waals surface area (Å²) in [6, 6.07) is 9.00. The number of aliphatic carboxylic acids is 1. The van der Waals surface area contributed by atoms with Crippen molar-refractivity contribution >= 4 is 47.2 Å². The van der Waals surface area contributed by atoms with Crippen LogP contribution in [0.1, 0.15) is 18.1 Å². The minimum Gasteiger partial charge on any atom is -0.493 e. The van der Waals surface area contributed by atoms with E-state index in [2.05, 4.69) is 5.32 Å². The molecule has 0 aliphatic carbocycles. The van der Waals surface area contributed by atoms with Gasteiger partial charge >= 0.3 is 12.0 Å². The van der Waals surface area contributed by atoms with Gasteiger partial charge in [0.15, 0.2) is 17.6 Å². The van der Waals surface area contributed by atoms with E-state index in [1.165, 1.54) is 26.2 Å². The van der Waals surface area contributed by atoms with E-state index >= 15 is 0 Å². The molecule has 1 heterocycles. The number of imide groups is 1. The lowest BCUT2D eigenvalue weighted by atomic mass is 10.1. The molecule has 0 bridgehead atoms. The van der Waals surface area contributed by atoms with Gasteiger partial charge in [-0.05, 0) is 48.4 Å². The molecule has 2 aromatic rings. The first-order valence-corrected chi connectivity index (χ1v) is 9.81. The van der Waals surface area contributed by atoms with E-state index in [0.29, 0.717) is 21.2 Å². The molecular formula is C21H18Cl2N2O6. The van der Waals surface area contributed by atoms with Crippen molar-refractivity contribution in [1.82, 2.24) is 10.2 Å². The first-order chi connectivity index (χ1) is 14.7. The Morgan fingerprint density at radius 1 is 1.16 bits per heavy atom. The lowest BCUT2D eigenvalue weighted by Crippen LogP contribution is -2.30. The predicted molar refractivity (Wildman–Crippen MR) is 114 cm³/mol. The van der Waals surface area contributed by atoms with Crippen molar-refractivity contribution in [3.05, 3.63) is 63.3 Å². The summed E-state index contributed by atoms with van der Waals surface area (Å²) in [6.07, 6.45) is 0.422. The highest BCUT2D eigenvalue weighted by molar-refractivity contribution is 6.42. The van der Waals surface area contributed by atoms with Gasteiger partial charge in [-0.15, -0.1) is 0 Å². The Balaban J connectivity index is 1.80. The zero-order valence-corrected chi connectivity index (χ0v) is 18.0. The summed E-state index contributed by atoms with van der Waals surface area (Å²) >= 11 is 11.9. The van der Waals surface area contributed by atoms with Crippen LogP contribution < -0.4 is 14.8 Å². The van der Waals surface area contributed by atoms with Crippen molar-refractivity contribution < 1.29 is 29.0 Å². The zero-order chi connectivity index (χ0) is 22.7. The molecule has 162 valence electrons. The van der Waals surface area contributed by atoms with E-state index in [9.17, 15) is 14.4 Å². The SMILES string of the molecule is COc1cc(C=C2NC(=O)N(Cc3ccc(Cl)c(Cl)c3)C2=O)ccc1OC(C)C(=O)O. The summed E-state index contributed by atoms with van der Waals surface area (Å²) in [5.41, 5.74) is 1.28. The lowest BCUT2D eigenvalue weighted by molar-refractivity contribution is -0.144. The number of amides is 3. The normalized spacial score (nSPS) is 15.7. The van der Waals surface area contributed by atoms with E-state index in [1.807, 2.05) is 0 Å². The number of nitrogens with zero attached hydrogens (tertiary/aromatic N) is 1. The fourth-order valence-corrected chi connectivity index (χ4v) is 3.14. The summed E-state index contributed by atoms with van der Waals surface area (Å²) in [5.74, 6) is -1.10. The van der Waals surface area contributed by atoms with E-state index < -0.39 is 24.0 Å². The van der Waals surface area contributed by atoms with Crippen LogP contribution in [0.15, 0.2) is 42.1 Å². The molecule has 2 N–H and O–H groups in total. The number of carbonyl (C=O) groups is 3. The number of hydrogen-bond acceptors (Lipinski definition) is 5. The fraction of sp³-hybridized carbons (Fsp3) is 0.190. The molecule has 31 heavy (non-hydrogen) atoms. The van der Waals surface area contributed by atoms with Crippen molar-refractivity contribution in [3.8, 4) is 11.5 Å². The maximum atomic E-state index is 12.7. The average molecular weight is 465 g/mol. The van der Waals surface area contributed by atoms with Gasteiger partial charge in [0.05, 0.1) is 23.7 Å². The van der Waals surface area contributed by atoms with Gasteiger partial charge in [-0.2, -0.15) is 0 Å². The number of ether oxygens (including phenoxy) is 2. The van der Waals surface area contributed by atoms with Gasteiger partial charge in [-0.25, -0.2) is 9.59 Å². The largest absolute Gasteiger partial charge is 0.493 e. The van der Waals surface area contributed by atoms with E-state index in [1.54, 1.807) is 30.3 Å². The topological polar surface area (TPSA) is 105 Å². The van der Waals surface area contributed by atoms with Crippen LogP contribution in [0, 0.1) is 0 Å². The number of carboxylic acids is 1. The number of nitrogens with one attached hydrogen (secondary N) is 1. The number of carboxylic acid groups (broad SMARTS) is 1. The Kier molecular flexibility index (Phi) is 6.72. The van der Waals surface area contributed by atoms with Crippen molar-refractivity contribution in [3.63, 3.8) is 0 Å². The second kappa shape index (κ2) is 9.28. The quantitative estimate of drug-likeness (QED) is 0.474. The second-order valence-electron chi connectivity index (χ2n) is 6.64. The van der Waals surface area contributed by atoms with Gasteiger partial charge in [0.2, 0.25) is 0 Å². The molecule has 3 rings (SSSR count). The van der Waals surface area contributed by atoms with Gasteiger partial charge in [-0.1, -0.05) is 35.3 Å².